The molecule has 0 saturated heterocycles. The molecule has 0 atom stereocenters. The van der Waals surface area contributed by atoms with Gasteiger partial charge in [0, 0.05) is 36.0 Å². The van der Waals surface area contributed by atoms with E-state index in [9.17, 15) is 22.4 Å². The van der Waals surface area contributed by atoms with Crippen molar-refractivity contribution in [1.29, 1.82) is 0 Å². The maximum absolute atomic E-state index is 14.1. The molecule has 1 N–H and O–H groups in total. The minimum Gasteiger partial charge on any atom is -0.493 e. The van der Waals surface area contributed by atoms with E-state index in [-0.39, 0.29) is 22.7 Å². The number of hydrogen-bond acceptors (Lipinski definition) is 8. The molecule has 0 fully saturated rings. The van der Waals surface area contributed by atoms with E-state index in [0.717, 1.165) is 35.1 Å². The van der Waals surface area contributed by atoms with Crippen LogP contribution in [0.1, 0.15) is 29.8 Å². The number of allylic oxidation sites excluding steroid dienone is 1. The summed E-state index contributed by atoms with van der Waals surface area (Å²) in [5.74, 6) is -2.42. The number of methoxy groups -OCH3 is 2. The molecule has 0 bridgehead atoms. The van der Waals surface area contributed by atoms with E-state index in [1.807, 2.05) is 50.1 Å². The molecule has 1 aliphatic rings. The van der Waals surface area contributed by atoms with Crippen molar-refractivity contribution in [3.05, 3.63) is 89.4 Å². The molecular weight excluding hydrogens is 539 g/mol. The van der Waals surface area contributed by atoms with Gasteiger partial charge in [0.15, 0.2) is 23.9 Å². The molecule has 3 aromatic carbocycles. The summed E-state index contributed by atoms with van der Waals surface area (Å²) in [7, 11) is 0.0358. The van der Waals surface area contributed by atoms with Gasteiger partial charge in [0.1, 0.15) is 11.4 Å². The molecule has 11 heteroatoms. The number of carbonyl (C=O) groups excluding carboxylic acids is 2. The van der Waals surface area contributed by atoms with Gasteiger partial charge in [0.05, 0.1) is 24.8 Å². The Balaban J connectivity index is 1.58. The highest BCUT2D eigenvalue weighted by atomic mass is 32.2. The van der Waals surface area contributed by atoms with Crippen LogP contribution in [0.15, 0.2) is 77.3 Å². The van der Waals surface area contributed by atoms with Crippen molar-refractivity contribution in [3.63, 3.8) is 0 Å². The van der Waals surface area contributed by atoms with Crippen LogP contribution < -0.4 is 19.1 Å². The highest BCUT2D eigenvalue weighted by Gasteiger charge is 2.38. The minimum absolute atomic E-state index is 0.0774. The molecule has 3 aromatic rings. The zero-order valence-corrected chi connectivity index (χ0v) is 23.5. The molecule has 0 radical (unpaired) electrons. The maximum atomic E-state index is 14.1. The van der Waals surface area contributed by atoms with Gasteiger partial charge in [-0.1, -0.05) is 44.2 Å². The standard InChI is InChI=1S/C29H29FN2O7S/c1-29(2)21-10-6-9-13-24(21)32(3)26(29)14-18(33)17-39-28(34)20-15-19(16-25(37-4)27(20)38-5)40(35,36)31-23-12-8-7-11-22(23)30/h6-16,31H,17H2,1-5H3. The van der Waals surface area contributed by atoms with Gasteiger partial charge in [-0.25, -0.2) is 17.6 Å². The Morgan fingerprint density at radius 3 is 2.35 bits per heavy atom. The Morgan fingerprint density at radius 1 is 1.02 bits per heavy atom. The van der Waals surface area contributed by atoms with Crippen molar-refractivity contribution in [3.8, 4) is 11.5 Å². The number of anilines is 2. The summed E-state index contributed by atoms with van der Waals surface area (Å²) < 4.78 is 58.1. The zero-order valence-electron chi connectivity index (χ0n) is 22.6. The van der Waals surface area contributed by atoms with Crippen molar-refractivity contribution in [2.75, 3.05) is 37.5 Å². The van der Waals surface area contributed by atoms with Crippen molar-refractivity contribution >= 4 is 33.2 Å². The first-order valence-electron chi connectivity index (χ1n) is 12.2. The predicted octanol–water partition coefficient (Wildman–Crippen LogP) is 4.68. The van der Waals surface area contributed by atoms with E-state index in [0.29, 0.717) is 0 Å². The van der Waals surface area contributed by atoms with Crippen molar-refractivity contribution < 1.29 is 36.6 Å². The number of ether oxygens (including phenoxy) is 3. The largest absolute Gasteiger partial charge is 0.493 e. The molecule has 4 rings (SSSR count). The van der Waals surface area contributed by atoms with Crippen LogP contribution >= 0.6 is 0 Å². The summed E-state index contributed by atoms with van der Waals surface area (Å²) in [5.41, 5.74) is 1.76. The second-order valence-electron chi connectivity index (χ2n) is 9.56. The number of benzene rings is 3. The maximum Gasteiger partial charge on any atom is 0.342 e. The molecule has 40 heavy (non-hydrogen) atoms. The molecule has 1 heterocycles. The highest BCUT2D eigenvalue weighted by molar-refractivity contribution is 7.92. The first-order valence-corrected chi connectivity index (χ1v) is 13.7. The Morgan fingerprint density at radius 2 is 1.70 bits per heavy atom. The smallest absolute Gasteiger partial charge is 0.342 e. The summed E-state index contributed by atoms with van der Waals surface area (Å²) in [6.07, 6.45) is 1.43. The lowest BCUT2D eigenvalue weighted by Crippen LogP contribution is -2.25. The van der Waals surface area contributed by atoms with Crippen molar-refractivity contribution in [2.45, 2.75) is 24.2 Å². The van der Waals surface area contributed by atoms with Crippen molar-refractivity contribution in [1.82, 2.24) is 0 Å². The molecule has 1 aliphatic heterocycles. The van der Waals surface area contributed by atoms with E-state index < -0.39 is 44.5 Å². The Bertz CT molecular complexity index is 1620. The molecule has 0 unspecified atom stereocenters. The quantitative estimate of drug-likeness (QED) is 0.293. The van der Waals surface area contributed by atoms with Crippen LogP contribution in [0, 0.1) is 5.82 Å². The molecule has 210 valence electrons. The van der Waals surface area contributed by atoms with E-state index >= 15 is 0 Å². The summed E-state index contributed by atoms with van der Waals surface area (Å²) >= 11 is 0. The number of fused-ring (bicyclic) bond motifs is 1. The van der Waals surface area contributed by atoms with Crippen LogP contribution in [-0.2, 0) is 25.0 Å². The number of carbonyl (C=O) groups is 2. The van der Waals surface area contributed by atoms with Crippen LogP contribution in [0.4, 0.5) is 15.8 Å². The lowest BCUT2D eigenvalue weighted by molar-refractivity contribution is -0.117. The molecule has 0 amide bonds. The lowest BCUT2D eigenvalue weighted by Gasteiger charge is -2.23. The second-order valence-corrected chi connectivity index (χ2v) is 11.2. The monoisotopic (exact) mass is 568 g/mol. The Labute approximate surface area is 232 Å². The fraction of sp³-hybridized carbons (Fsp3) is 0.241. The summed E-state index contributed by atoms with van der Waals surface area (Å²) in [6.45, 7) is 3.40. The summed E-state index contributed by atoms with van der Waals surface area (Å²) in [5, 5.41) is 0. The third-order valence-corrected chi connectivity index (χ3v) is 8.03. The van der Waals surface area contributed by atoms with Crippen LogP contribution in [0.2, 0.25) is 0 Å². The normalized spacial score (nSPS) is 14.9. The number of ketones is 1. The molecular formula is C29H29FN2O7S. The molecule has 9 nitrogen and oxygen atoms in total. The van der Waals surface area contributed by atoms with Crippen LogP contribution in [0.25, 0.3) is 0 Å². The highest BCUT2D eigenvalue weighted by Crippen LogP contribution is 2.46. The third kappa shape index (κ3) is 5.37. The number of sulfonamides is 1. The fourth-order valence-corrected chi connectivity index (χ4v) is 5.77. The van der Waals surface area contributed by atoms with E-state index in [1.54, 1.807) is 0 Å². The number of para-hydroxylation sites is 2. The third-order valence-electron chi connectivity index (χ3n) is 6.68. The van der Waals surface area contributed by atoms with Gasteiger partial charge < -0.3 is 19.1 Å². The van der Waals surface area contributed by atoms with Crippen molar-refractivity contribution in [2.24, 2.45) is 0 Å². The second kappa shape index (κ2) is 11.0. The van der Waals surface area contributed by atoms with Gasteiger partial charge >= 0.3 is 5.97 Å². The Hall–Kier alpha value is -4.38. The average molecular weight is 569 g/mol. The number of halogens is 1. The summed E-state index contributed by atoms with van der Waals surface area (Å²) in [6, 6.07) is 15.2. The first kappa shape index (κ1) is 28.6. The van der Waals surface area contributed by atoms with Gasteiger partial charge in [-0.2, -0.15) is 0 Å². The SMILES string of the molecule is COc1cc(S(=O)(=O)Nc2ccccc2F)cc(C(=O)OCC(=O)C=C2N(C)c3ccccc3C2(C)C)c1OC. The first-order chi connectivity index (χ1) is 18.9. The number of esters is 1. The van der Waals surface area contributed by atoms with Crippen LogP contribution in [0.3, 0.4) is 0 Å². The van der Waals surface area contributed by atoms with Gasteiger partial charge in [-0.3, -0.25) is 9.52 Å². The minimum atomic E-state index is -4.36. The van der Waals surface area contributed by atoms with Crippen LogP contribution in [0.5, 0.6) is 11.5 Å². The van der Waals surface area contributed by atoms with E-state index in [4.69, 9.17) is 14.2 Å². The van der Waals surface area contributed by atoms with Crippen LogP contribution in [-0.4, -0.2) is 48.0 Å². The fourth-order valence-electron chi connectivity index (χ4n) is 4.66. The number of hydrogen-bond donors (Lipinski definition) is 1. The molecule has 0 spiro atoms. The lowest BCUT2D eigenvalue weighted by atomic mass is 9.83. The number of nitrogens with one attached hydrogen (secondary N) is 1. The average Bonchev–Trinajstić information content (AvgIpc) is 3.12. The van der Waals surface area contributed by atoms with E-state index in [1.165, 1.54) is 38.5 Å². The van der Waals surface area contributed by atoms with Gasteiger partial charge in [0.2, 0.25) is 0 Å². The van der Waals surface area contributed by atoms with E-state index in [2.05, 4.69) is 4.72 Å². The van der Waals surface area contributed by atoms with Gasteiger partial charge in [-0.15, -0.1) is 0 Å². The van der Waals surface area contributed by atoms with Gasteiger partial charge in [-0.05, 0) is 29.8 Å². The molecule has 0 aromatic heterocycles. The predicted molar refractivity (Wildman–Crippen MR) is 148 cm³/mol. The number of rotatable bonds is 9. The summed E-state index contributed by atoms with van der Waals surface area (Å²) in [4.78, 5) is 27.5. The number of nitrogens with zero attached hydrogens (tertiary/aromatic N) is 1. The zero-order chi connectivity index (χ0) is 29.2. The Kier molecular flexibility index (Phi) is 7.88. The molecule has 0 aliphatic carbocycles. The van der Waals surface area contributed by atoms with Gasteiger partial charge in [0.25, 0.3) is 10.0 Å². The number of likely N-dealkylation sites (N-methyl/N-ethyl adjacent to an activating group) is 1. The topological polar surface area (TPSA) is 111 Å². The molecule has 0 saturated carbocycles.